The highest BCUT2D eigenvalue weighted by molar-refractivity contribution is 5.89. The van der Waals surface area contributed by atoms with E-state index in [4.69, 9.17) is 0 Å². The smallest absolute Gasteiger partial charge is 0.356 e. The zero-order valence-corrected chi connectivity index (χ0v) is 19.4. The van der Waals surface area contributed by atoms with Crippen molar-refractivity contribution in [2.75, 3.05) is 50.7 Å². The van der Waals surface area contributed by atoms with Gasteiger partial charge in [-0.05, 0) is 36.7 Å². The van der Waals surface area contributed by atoms with E-state index >= 15 is 0 Å². The molecule has 2 saturated heterocycles. The zero-order valence-electron chi connectivity index (χ0n) is 19.4. The third-order valence-electron chi connectivity index (χ3n) is 6.37. The lowest BCUT2D eigenvalue weighted by molar-refractivity contribution is -0.137. The Morgan fingerprint density at radius 2 is 1.83 bits per heavy atom. The highest BCUT2D eigenvalue weighted by Crippen LogP contribution is 2.30. The summed E-state index contributed by atoms with van der Waals surface area (Å²) in [6, 6.07) is 6.74. The van der Waals surface area contributed by atoms with Gasteiger partial charge < -0.3 is 15.1 Å². The van der Waals surface area contributed by atoms with Crippen LogP contribution in [0.5, 0.6) is 0 Å². The maximum Gasteiger partial charge on any atom is 0.416 e. The normalized spacial score (nSPS) is 19.3. The number of carbonyl (C=O) groups excluding carboxylic acids is 2. The molecule has 1 aromatic carbocycles. The quantitative estimate of drug-likeness (QED) is 0.572. The first-order valence-electron chi connectivity index (χ1n) is 11.8. The van der Waals surface area contributed by atoms with Crippen LogP contribution in [0.4, 0.5) is 19.1 Å². The molecule has 2 fully saturated rings. The number of halogens is 3. The minimum Gasteiger partial charge on any atom is -0.356 e. The van der Waals surface area contributed by atoms with Gasteiger partial charge >= 0.3 is 6.18 Å². The monoisotopic (exact) mass is 490 g/mol. The number of amides is 2. The van der Waals surface area contributed by atoms with Gasteiger partial charge in [-0.25, -0.2) is 9.97 Å². The van der Waals surface area contributed by atoms with E-state index in [9.17, 15) is 22.8 Å². The molecule has 2 amide bonds. The topological polar surface area (TPSA) is 81.7 Å². The lowest BCUT2D eigenvalue weighted by atomic mass is 10.1. The van der Waals surface area contributed by atoms with Crippen LogP contribution in [0.25, 0.3) is 0 Å². The van der Waals surface area contributed by atoms with Crippen molar-refractivity contribution in [3.8, 4) is 0 Å². The van der Waals surface area contributed by atoms with Crippen LogP contribution in [0.3, 0.4) is 0 Å². The average Bonchev–Trinajstić information content (AvgIpc) is 3.22. The number of piperazine rings is 1. The molecule has 0 spiro atoms. The van der Waals surface area contributed by atoms with Crippen molar-refractivity contribution in [2.45, 2.75) is 25.6 Å². The summed E-state index contributed by atoms with van der Waals surface area (Å²) in [4.78, 5) is 39.4. The van der Waals surface area contributed by atoms with Crippen LogP contribution in [-0.4, -0.2) is 77.4 Å². The Morgan fingerprint density at radius 1 is 1.09 bits per heavy atom. The van der Waals surface area contributed by atoms with E-state index in [-0.39, 0.29) is 31.3 Å². The van der Waals surface area contributed by atoms with E-state index in [0.29, 0.717) is 12.1 Å². The van der Waals surface area contributed by atoms with E-state index in [1.807, 2.05) is 0 Å². The maximum absolute atomic E-state index is 12.9. The molecule has 0 saturated carbocycles. The summed E-state index contributed by atoms with van der Waals surface area (Å²) in [5.74, 6) is -0.144. The van der Waals surface area contributed by atoms with Gasteiger partial charge in [0.15, 0.2) is 0 Å². The van der Waals surface area contributed by atoms with Crippen LogP contribution < -0.4 is 10.2 Å². The van der Waals surface area contributed by atoms with Crippen molar-refractivity contribution in [1.82, 2.24) is 25.1 Å². The van der Waals surface area contributed by atoms with Crippen molar-refractivity contribution in [3.63, 3.8) is 0 Å². The summed E-state index contributed by atoms with van der Waals surface area (Å²) < 4.78 is 38.8. The molecule has 0 radical (unpaired) electrons. The van der Waals surface area contributed by atoms with Crippen molar-refractivity contribution in [3.05, 3.63) is 53.9 Å². The molecule has 4 rings (SSSR count). The van der Waals surface area contributed by atoms with E-state index in [1.165, 1.54) is 11.0 Å². The van der Waals surface area contributed by atoms with Crippen molar-refractivity contribution < 1.29 is 22.8 Å². The first-order valence-corrected chi connectivity index (χ1v) is 11.8. The van der Waals surface area contributed by atoms with Gasteiger partial charge in [-0.15, -0.1) is 0 Å². The molecule has 8 nitrogen and oxygen atoms in total. The summed E-state index contributed by atoms with van der Waals surface area (Å²) in [5, 5.41) is 2.91. The van der Waals surface area contributed by atoms with Crippen LogP contribution in [0.15, 0.2) is 42.7 Å². The summed E-state index contributed by atoms with van der Waals surface area (Å²) in [5.41, 5.74) is -0.348. The van der Waals surface area contributed by atoms with Gasteiger partial charge in [0.2, 0.25) is 17.8 Å². The number of nitrogens with zero attached hydrogens (tertiary/aromatic N) is 5. The van der Waals surface area contributed by atoms with Gasteiger partial charge in [-0.1, -0.05) is 12.1 Å². The fourth-order valence-corrected chi connectivity index (χ4v) is 4.45. The molecule has 3 heterocycles. The predicted octanol–water partition coefficient (Wildman–Crippen LogP) is 2.17. The van der Waals surface area contributed by atoms with Crippen molar-refractivity contribution in [1.29, 1.82) is 0 Å². The van der Waals surface area contributed by atoms with Crippen LogP contribution in [0, 0.1) is 5.92 Å². The SMILES string of the molecule is O=C(NCCCN1CCN(c2ncccn2)CC1)C1CC(=O)N(Cc2cccc(C(F)(F)F)c2)C1. The number of hydrogen-bond donors (Lipinski definition) is 1. The van der Waals surface area contributed by atoms with Crippen molar-refractivity contribution >= 4 is 17.8 Å². The number of carbonyl (C=O) groups is 2. The Morgan fingerprint density at radius 3 is 2.54 bits per heavy atom. The standard InChI is InChI=1S/C24H29F3N6O2/c25-24(26,27)20-5-1-4-18(14-20)16-33-17-19(15-21(33)34)22(35)28-8-3-9-31-10-12-32(13-11-31)23-29-6-2-7-30-23/h1-2,4-7,14,19H,3,8-13,15-17H2,(H,28,35). The number of rotatable bonds is 8. The molecule has 35 heavy (non-hydrogen) atoms. The Hall–Kier alpha value is -3.21. The minimum atomic E-state index is -4.43. The number of alkyl halides is 3. The molecule has 11 heteroatoms. The molecule has 0 aliphatic carbocycles. The van der Waals surface area contributed by atoms with Crippen LogP contribution in [0.2, 0.25) is 0 Å². The van der Waals surface area contributed by atoms with Gasteiger partial charge in [-0.3, -0.25) is 14.5 Å². The third kappa shape index (κ3) is 6.68. The number of likely N-dealkylation sites (tertiary alicyclic amines) is 1. The molecule has 1 N–H and O–H groups in total. The highest BCUT2D eigenvalue weighted by Gasteiger charge is 2.35. The molecule has 2 aromatic rings. The second-order valence-electron chi connectivity index (χ2n) is 8.90. The molecular weight excluding hydrogens is 461 g/mol. The van der Waals surface area contributed by atoms with Crippen molar-refractivity contribution in [2.24, 2.45) is 5.92 Å². The summed E-state index contributed by atoms with van der Waals surface area (Å²) in [6.45, 7) is 5.14. The van der Waals surface area contributed by atoms with Crippen LogP contribution in [-0.2, 0) is 22.3 Å². The fourth-order valence-electron chi connectivity index (χ4n) is 4.45. The summed E-state index contributed by atoms with van der Waals surface area (Å²) >= 11 is 0. The molecule has 1 unspecified atom stereocenters. The van der Waals surface area contributed by atoms with Gasteiger partial charge in [0.05, 0.1) is 11.5 Å². The summed E-state index contributed by atoms with van der Waals surface area (Å²) in [6.07, 6.45) is -0.0897. The maximum atomic E-state index is 12.9. The second kappa shape index (κ2) is 11.0. The molecule has 0 bridgehead atoms. The van der Waals surface area contributed by atoms with Gasteiger partial charge in [-0.2, -0.15) is 13.2 Å². The molecule has 188 valence electrons. The summed E-state index contributed by atoms with van der Waals surface area (Å²) in [7, 11) is 0. The largest absolute Gasteiger partial charge is 0.416 e. The lowest BCUT2D eigenvalue weighted by Crippen LogP contribution is -2.47. The number of anilines is 1. The molecular formula is C24H29F3N6O2. The zero-order chi connectivity index (χ0) is 24.8. The average molecular weight is 491 g/mol. The second-order valence-corrected chi connectivity index (χ2v) is 8.90. The highest BCUT2D eigenvalue weighted by atomic mass is 19.4. The van der Waals surface area contributed by atoms with Gasteiger partial charge in [0, 0.05) is 64.6 Å². The molecule has 2 aliphatic rings. The first-order chi connectivity index (χ1) is 16.8. The molecule has 1 aromatic heterocycles. The Balaban J connectivity index is 1.16. The number of aromatic nitrogens is 2. The van der Waals surface area contributed by atoms with E-state index < -0.39 is 17.7 Å². The van der Waals surface area contributed by atoms with Crippen LogP contribution >= 0.6 is 0 Å². The molecule has 2 aliphatic heterocycles. The molecule has 1 atom stereocenters. The van der Waals surface area contributed by atoms with E-state index in [1.54, 1.807) is 24.5 Å². The van der Waals surface area contributed by atoms with Crippen LogP contribution in [0.1, 0.15) is 24.0 Å². The van der Waals surface area contributed by atoms with Gasteiger partial charge in [0.25, 0.3) is 0 Å². The number of hydrogen-bond acceptors (Lipinski definition) is 6. The lowest BCUT2D eigenvalue weighted by Gasteiger charge is -2.34. The van der Waals surface area contributed by atoms with E-state index in [2.05, 4.69) is 25.1 Å². The Labute approximate surface area is 202 Å². The number of benzene rings is 1. The predicted molar refractivity (Wildman–Crippen MR) is 123 cm³/mol. The first kappa shape index (κ1) is 24.9. The van der Waals surface area contributed by atoms with E-state index in [0.717, 1.165) is 57.2 Å². The minimum absolute atomic E-state index is 0.0620. The fraction of sp³-hybridized carbons (Fsp3) is 0.500. The third-order valence-corrected chi connectivity index (χ3v) is 6.37. The number of nitrogens with one attached hydrogen (secondary N) is 1. The Bertz CT molecular complexity index is 1010. The Kier molecular flexibility index (Phi) is 7.84. The van der Waals surface area contributed by atoms with Gasteiger partial charge in [0.1, 0.15) is 0 Å².